The molecule has 3 N–H and O–H groups in total. The van der Waals surface area contributed by atoms with Crippen LogP contribution in [0.15, 0.2) is 0 Å². The zero-order valence-electron chi connectivity index (χ0n) is 10.5. The van der Waals surface area contributed by atoms with Crippen LogP contribution in [0.1, 0.15) is 52.4 Å². The predicted molar refractivity (Wildman–Crippen MR) is 64.9 cm³/mol. The van der Waals surface area contributed by atoms with E-state index in [0.717, 1.165) is 25.8 Å². The van der Waals surface area contributed by atoms with Crippen molar-refractivity contribution < 1.29 is 4.79 Å². The Labute approximate surface area is 98.2 Å². The molecule has 2 fully saturated rings. The normalized spacial score (nSPS) is 36.8. The SMILES string of the molecule is CC1CCCC(N)(C(=O)NCC2(C)CC2)C1. The highest BCUT2D eigenvalue weighted by atomic mass is 16.2. The van der Waals surface area contributed by atoms with Crippen molar-refractivity contribution in [2.75, 3.05) is 6.54 Å². The van der Waals surface area contributed by atoms with Crippen molar-refractivity contribution >= 4 is 5.91 Å². The third-order valence-corrected chi connectivity index (χ3v) is 4.26. The van der Waals surface area contributed by atoms with Crippen molar-refractivity contribution in [3.05, 3.63) is 0 Å². The van der Waals surface area contributed by atoms with Gasteiger partial charge in [0, 0.05) is 6.54 Å². The van der Waals surface area contributed by atoms with Crippen molar-refractivity contribution in [2.24, 2.45) is 17.1 Å². The fraction of sp³-hybridized carbons (Fsp3) is 0.923. The van der Waals surface area contributed by atoms with Gasteiger partial charge in [-0.05, 0) is 37.0 Å². The molecule has 3 heteroatoms. The van der Waals surface area contributed by atoms with Crippen LogP contribution in [0.4, 0.5) is 0 Å². The van der Waals surface area contributed by atoms with Gasteiger partial charge in [0.05, 0.1) is 5.54 Å². The highest BCUT2D eigenvalue weighted by Gasteiger charge is 2.41. The van der Waals surface area contributed by atoms with Gasteiger partial charge in [-0.15, -0.1) is 0 Å². The Kier molecular flexibility index (Phi) is 2.99. The van der Waals surface area contributed by atoms with Gasteiger partial charge in [0.1, 0.15) is 0 Å². The number of nitrogens with two attached hydrogens (primary N) is 1. The molecule has 0 spiro atoms. The second kappa shape index (κ2) is 4.02. The van der Waals surface area contributed by atoms with Gasteiger partial charge >= 0.3 is 0 Å². The smallest absolute Gasteiger partial charge is 0.240 e. The lowest BCUT2D eigenvalue weighted by Crippen LogP contribution is -2.56. The Morgan fingerprint density at radius 3 is 2.69 bits per heavy atom. The van der Waals surface area contributed by atoms with Gasteiger partial charge < -0.3 is 11.1 Å². The average Bonchev–Trinajstić information content (AvgIpc) is 2.93. The first-order chi connectivity index (χ1) is 7.44. The minimum atomic E-state index is -0.594. The van der Waals surface area contributed by atoms with E-state index in [0.29, 0.717) is 11.3 Å². The molecule has 0 radical (unpaired) electrons. The maximum absolute atomic E-state index is 12.1. The maximum atomic E-state index is 12.1. The number of amides is 1. The van der Waals surface area contributed by atoms with E-state index in [2.05, 4.69) is 19.2 Å². The van der Waals surface area contributed by atoms with E-state index >= 15 is 0 Å². The standard InChI is InChI=1S/C13H24N2O/c1-10-4-3-5-13(14,8-10)11(16)15-9-12(2)6-7-12/h10H,3-9,14H2,1-2H3,(H,15,16). The van der Waals surface area contributed by atoms with E-state index in [9.17, 15) is 4.79 Å². The van der Waals surface area contributed by atoms with E-state index in [1.165, 1.54) is 19.3 Å². The van der Waals surface area contributed by atoms with Gasteiger partial charge in [-0.25, -0.2) is 0 Å². The van der Waals surface area contributed by atoms with Gasteiger partial charge in [-0.3, -0.25) is 4.79 Å². The van der Waals surface area contributed by atoms with E-state index in [1.807, 2.05) is 0 Å². The quantitative estimate of drug-likeness (QED) is 0.768. The summed E-state index contributed by atoms with van der Waals surface area (Å²) in [6.07, 6.45) is 6.46. The minimum absolute atomic E-state index is 0.0761. The first kappa shape index (κ1) is 11.9. The van der Waals surface area contributed by atoms with Gasteiger partial charge in [0.15, 0.2) is 0 Å². The zero-order chi connectivity index (χ0) is 11.8. The molecule has 0 saturated heterocycles. The third-order valence-electron chi connectivity index (χ3n) is 4.26. The summed E-state index contributed by atoms with van der Waals surface area (Å²) in [7, 11) is 0. The van der Waals surface area contributed by atoms with Crippen molar-refractivity contribution in [2.45, 2.75) is 57.9 Å². The van der Waals surface area contributed by atoms with Crippen LogP contribution in [-0.2, 0) is 4.79 Å². The lowest BCUT2D eigenvalue weighted by Gasteiger charge is -2.35. The molecule has 0 aliphatic heterocycles. The molecule has 2 unspecified atom stereocenters. The Morgan fingerprint density at radius 1 is 1.44 bits per heavy atom. The topological polar surface area (TPSA) is 55.1 Å². The number of hydrogen-bond acceptors (Lipinski definition) is 2. The molecular formula is C13H24N2O. The summed E-state index contributed by atoms with van der Waals surface area (Å²) in [5, 5.41) is 3.05. The maximum Gasteiger partial charge on any atom is 0.240 e. The average molecular weight is 224 g/mol. The Balaban J connectivity index is 1.86. The highest BCUT2D eigenvalue weighted by molar-refractivity contribution is 5.86. The molecule has 1 amide bonds. The summed E-state index contributed by atoms with van der Waals surface area (Å²) in [5.41, 5.74) is 6.00. The molecule has 2 aliphatic rings. The molecule has 2 rings (SSSR count). The molecule has 16 heavy (non-hydrogen) atoms. The van der Waals surface area contributed by atoms with Crippen LogP contribution in [0.25, 0.3) is 0 Å². The molecule has 2 saturated carbocycles. The lowest BCUT2D eigenvalue weighted by molar-refractivity contribution is -0.128. The molecule has 0 aromatic rings. The first-order valence-electron chi connectivity index (χ1n) is 6.51. The Bertz CT molecular complexity index is 286. The van der Waals surface area contributed by atoms with Gasteiger partial charge in [-0.1, -0.05) is 26.7 Å². The van der Waals surface area contributed by atoms with Gasteiger partial charge in [0.2, 0.25) is 5.91 Å². The van der Waals surface area contributed by atoms with Crippen LogP contribution in [0.5, 0.6) is 0 Å². The largest absolute Gasteiger partial charge is 0.354 e. The predicted octanol–water partition coefficient (Wildman–Crippen LogP) is 1.81. The monoisotopic (exact) mass is 224 g/mol. The van der Waals surface area contributed by atoms with E-state index in [-0.39, 0.29) is 5.91 Å². The van der Waals surface area contributed by atoms with Crippen LogP contribution < -0.4 is 11.1 Å². The van der Waals surface area contributed by atoms with E-state index in [1.54, 1.807) is 0 Å². The third kappa shape index (κ3) is 2.57. The summed E-state index contributed by atoms with van der Waals surface area (Å²) in [6.45, 7) is 5.22. The fourth-order valence-electron chi connectivity index (χ4n) is 2.66. The summed E-state index contributed by atoms with van der Waals surface area (Å²) in [6, 6.07) is 0. The molecule has 3 nitrogen and oxygen atoms in total. The number of carbonyl (C=O) groups is 1. The van der Waals surface area contributed by atoms with Crippen LogP contribution in [0.3, 0.4) is 0 Å². The van der Waals surface area contributed by atoms with E-state index < -0.39 is 5.54 Å². The van der Waals surface area contributed by atoms with Crippen molar-refractivity contribution in [1.29, 1.82) is 0 Å². The van der Waals surface area contributed by atoms with Gasteiger partial charge in [0.25, 0.3) is 0 Å². The summed E-state index contributed by atoms with van der Waals surface area (Å²) >= 11 is 0. The van der Waals surface area contributed by atoms with E-state index in [4.69, 9.17) is 5.73 Å². The number of carbonyl (C=O) groups excluding carboxylic acids is 1. The van der Waals surface area contributed by atoms with Crippen LogP contribution >= 0.6 is 0 Å². The summed E-state index contributed by atoms with van der Waals surface area (Å²) in [4.78, 5) is 12.1. The molecule has 0 bridgehead atoms. The summed E-state index contributed by atoms with van der Waals surface area (Å²) in [5.74, 6) is 0.660. The Hall–Kier alpha value is -0.570. The second-order valence-corrected chi connectivity index (χ2v) is 6.35. The van der Waals surface area contributed by atoms with Gasteiger partial charge in [-0.2, -0.15) is 0 Å². The highest BCUT2D eigenvalue weighted by Crippen LogP contribution is 2.44. The molecule has 2 aliphatic carbocycles. The van der Waals surface area contributed by atoms with Crippen LogP contribution in [0.2, 0.25) is 0 Å². The Morgan fingerprint density at radius 2 is 2.12 bits per heavy atom. The molecule has 0 aromatic heterocycles. The molecular weight excluding hydrogens is 200 g/mol. The van der Waals surface area contributed by atoms with Crippen molar-refractivity contribution in [3.8, 4) is 0 Å². The number of nitrogens with one attached hydrogen (secondary N) is 1. The lowest BCUT2D eigenvalue weighted by atomic mass is 9.76. The molecule has 92 valence electrons. The number of hydrogen-bond donors (Lipinski definition) is 2. The van der Waals surface area contributed by atoms with Crippen LogP contribution in [-0.4, -0.2) is 18.0 Å². The zero-order valence-corrected chi connectivity index (χ0v) is 10.5. The second-order valence-electron chi connectivity index (χ2n) is 6.35. The van der Waals surface area contributed by atoms with Crippen molar-refractivity contribution in [3.63, 3.8) is 0 Å². The minimum Gasteiger partial charge on any atom is -0.354 e. The van der Waals surface area contributed by atoms with Crippen molar-refractivity contribution in [1.82, 2.24) is 5.32 Å². The molecule has 2 atom stereocenters. The molecule has 0 aromatic carbocycles. The summed E-state index contributed by atoms with van der Waals surface area (Å²) < 4.78 is 0. The van der Waals surface area contributed by atoms with Crippen LogP contribution in [0, 0.1) is 11.3 Å². The molecule has 0 heterocycles. The number of rotatable bonds is 3. The first-order valence-corrected chi connectivity index (χ1v) is 6.51. The fourth-order valence-corrected chi connectivity index (χ4v) is 2.66.